The minimum Gasteiger partial charge on any atom is -0.508 e. The number of fused-ring (bicyclic) bond motifs is 7. The fraction of sp³-hybridized carbons (Fsp3) is 0.0333. The highest BCUT2D eigenvalue weighted by molar-refractivity contribution is 6.26. The zero-order chi connectivity index (χ0) is 22.8. The van der Waals surface area contributed by atoms with Gasteiger partial charge in [-0.1, -0.05) is 48.5 Å². The molecule has 4 aromatic carbocycles. The van der Waals surface area contributed by atoms with E-state index < -0.39 is 0 Å². The molecule has 0 spiro atoms. The Morgan fingerprint density at radius 1 is 0.618 bits per heavy atom. The van der Waals surface area contributed by atoms with Crippen LogP contribution in [0.3, 0.4) is 0 Å². The highest BCUT2D eigenvalue weighted by Crippen LogP contribution is 2.42. The molecule has 0 amide bonds. The van der Waals surface area contributed by atoms with Gasteiger partial charge >= 0.3 is 0 Å². The molecule has 3 aromatic heterocycles. The van der Waals surface area contributed by atoms with E-state index in [0.29, 0.717) is 0 Å². The van der Waals surface area contributed by atoms with Crippen molar-refractivity contribution in [3.63, 3.8) is 0 Å². The molecule has 0 aliphatic heterocycles. The maximum atomic E-state index is 10.4. The molecule has 7 rings (SSSR count). The standard InChI is InChI=1S/C30H21N3O/c1-19-8-7-13-28(31-19)33-27-18-21(34)14-15-22(27)23-16-17-26-29(30(23)33)24-11-5-6-12-25(24)32(26)20-9-3-2-4-10-20/h2-18,34H,1H3. The van der Waals surface area contributed by atoms with E-state index in [0.717, 1.165) is 50.0 Å². The first-order chi connectivity index (χ1) is 16.7. The third-order valence-electron chi connectivity index (χ3n) is 6.66. The van der Waals surface area contributed by atoms with Gasteiger partial charge in [0.2, 0.25) is 0 Å². The molecule has 7 aromatic rings. The van der Waals surface area contributed by atoms with Crippen LogP contribution in [0.15, 0.2) is 103 Å². The van der Waals surface area contributed by atoms with Crippen molar-refractivity contribution in [3.8, 4) is 17.3 Å². The van der Waals surface area contributed by atoms with Crippen molar-refractivity contribution < 1.29 is 5.11 Å². The Hall–Kier alpha value is -4.57. The third-order valence-corrected chi connectivity index (χ3v) is 6.66. The van der Waals surface area contributed by atoms with Crippen molar-refractivity contribution in [2.75, 3.05) is 0 Å². The van der Waals surface area contributed by atoms with E-state index in [4.69, 9.17) is 4.98 Å². The summed E-state index contributed by atoms with van der Waals surface area (Å²) in [6.45, 7) is 2.01. The lowest BCUT2D eigenvalue weighted by Crippen LogP contribution is -1.98. The van der Waals surface area contributed by atoms with Crippen LogP contribution in [0.25, 0.3) is 55.1 Å². The number of benzene rings is 4. The van der Waals surface area contributed by atoms with Crippen LogP contribution in [-0.2, 0) is 0 Å². The van der Waals surface area contributed by atoms with Crippen LogP contribution in [0.1, 0.15) is 5.69 Å². The average molecular weight is 440 g/mol. The Morgan fingerprint density at radius 2 is 1.41 bits per heavy atom. The number of aromatic nitrogens is 3. The van der Waals surface area contributed by atoms with Crippen molar-refractivity contribution in [3.05, 3.63) is 109 Å². The number of nitrogens with zero attached hydrogens (tertiary/aromatic N) is 3. The SMILES string of the molecule is Cc1cccc(-n2c3cc(O)ccc3c3ccc4c(c5ccccc5n4-c4ccccc4)c32)n1. The van der Waals surface area contributed by atoms with Crippen molar-refractivity contribution >= 4 is 43.6 Å². The summed E-state index contributed by atoms with van der Waals surface area (Å²) in [6, 6.07) is 35.1. The van der Waals surface area contributed by atoms with Gasteiger partial charge in [0.15, 0.2) is 0 Å². The number of aryl methyl sites for hydroxylation is 1. The van der Waals surface area contributed by atoms with Crippen molar-refractivity contribution in [2.45, 2.75) is 6.92 Å². The van der Waals surface area contributed by atoms with E-state index >= 15 is 0 Å². The molecule has 162 valence electrons. The minimum absolute atomic E-state index is 0.243. The molecular formula is C30H21N3O. The van der Waals surface area contributed by atoms with Gasteiger partial charge < -0.3 is 9.67 Å². The highest BCUT2D eigenvalue weighted by Gasteiger charge is 2.21. The number of phenolic OH excluding ortho intramolecular Hbond substituents is 1. The number of aromatic hydroxyl groups is 1. The van der Waals surface area contributed by atoms with Gasteiger partial charge in [-0.2, -0.15) is 0 Å². The van der Waals surface area contributed by atoms with Crippen LogP contribution >= 0.6 is 0 Å². The lowest BCUT2D eigenvalue weighted by atomic mass is 10.1. The van der Waals surface area contributed by atoms with Gasteiger partial charge in [0.1, 0.15) is 11.6 Å². The molecule has 0 bridgehead atoms. The second kappa shape index (κ2) is 6.96. The first-order valence-electron chi connectivity index (χ1n) is 11.4. The molecule has 0 unspecified atom stereocenters. The molecular weight excluding hydrogens is 418 g/mol. The second-order valence-corrected chi connectivity index (χ2v) is 8.72. The molecule has 0 saturated heterocycles. The maximum Gasteiger partial charge on any atom is 0.137 e. The molecule has 0 aliphatic carbocycles. The summed E-state index contributed by atoms with van der Waals surface area (Å²) in [4.78, 5) is 4.87. The monoisotopic (exact) mass is 439 g/mol. The predicted octanol–water partition coefficient (Wildman–Crippen LogP) is 7.29. The maximum absolute atomic E-state index is 10.4. The number of phenols is 1. The largest absolute Gasteiger partial charge is 0.508 e. The fourth-order valence-corrected chi connectivity index (χ4v) is 5.29. The van der Waals surface area contributed by atoms with E-state index in [2.05, 4.69) is 69.8 Å². The Bertz CT molecular complexity index is 1880. The van der Waals surface area contributed by atoms with Crippen LogP contribution < -0.4 is 0 Å². The summed E-state index contributed by atoms with van der Waals surface area (Å²) >= 11 is 0. The van der Waals surface area contributed by atoms with Crippen LogP contribution in [0.2, 0.25) is 0 Å². The van der Waals surface area contributed by atoms with Crippen LogP contribution in [0, 0.1) is 6.92 Å². The zero-order valence-electron chi connectivity index (χ0n) is 18.6. The van der Waals surface area contributed by atoms with Crippen molar-refractivity contribution in [1.29, 1.82) is 0 Å². The Balaban J connectivity index is 1.77. The number of para-hydroxylation sites is 2. The topological polar surface area (TPSA) is 43.0 Å². The molecule has 34 heavy (non-hydrogen) atoms. The Kier molecular flexibility index (Phi) is 3.88. The molecule has 4 heteroatoms. The highest BCUT2D eigenvalue weighted by atomic mass is 16.3. The van der Waals surface area contributed by atoms with Gasteiger partial charge in [0, 0.05) is 39.0 Å². The van der Waals surface area contributed by atoms with Crippen LogP contribution in [-0.4, -0.2) is 19.2 Å². The smallest absolute Gasteiger partial charge is 0.137 e. The first kappa shape index (κ1) is 18.9. The van der Waals surface area contributed by atoms with E-state index in [-0.39, 0.29) is 5.75 Å². The average Bonchev–Trinajstić information content (AvgIpc) is 3.36. The van der Waals surface area contributed by atoms with Crippen LogP contribution in [0.5, 0.6) is 5.75 Å². The Labute approximate surface area is 195 Å². The number of pyridine rings is 1. The molecule has 1 N–H and O–H groups in total. The van der Waals surface area contributed by atoms with Crippen LogP contribution in [0.4, 0.5) is 0 Å². The predicted molar refractivity (Wildman–Crippen MR) is 139 cm³/mol. The minimum atomic E-state index is 0.243. The van der Waals surface area contributed by atoms with E-state index in [1.165, 1.54) is 10.8 Å². The van der Waals surface area contributed by atoms with Gasteiger partial charge in [-0.25, -0.2) is 4.98 Å². The fourth-order valence-electron chi connectivity index (χ4n) is 5.29. The lowest BCUT2D eigenvalue weighted by Gasteiger charge is -2.10. The molecule has 0 aliphatic rings. The molecule has 3 heterocycles. The van der Waals surface area contributed by atoms with Gasteiger partial charge in [-0.3, -0.25) is 4.57 Å². The molecule has 0 radical (unpaired) electrons. The summed E-state index contributed by atoms with van der Waals surface area (Å²) in [5.74, 6) is 1.09. The van der Waals surface area contributed by atoms with Crippen molar-refractivity contribution in [2.24, 2.45) is 0 Å². The lowest BCUT2D eigenvalue weighted by molar-refractivity contribution is 0.476. The molecule has 0 atom stereocenters. The first-order valence-corrected chi connectivity index (χ1v) is 11.4. The number of hydrogen-bond acceptors (Lipinski definition) is 2. The quantitative estimate of drug-likeness (QED) is 0.307. The van der Waals surface area contributed by atoms with E-state index in [1.807, 2.05) is 43.3 Å². The Morgan fingerprint density at radius 3 is 2.26 bits per heavy atom. The van der Waals surface area contributed by atoms with Crippen molar-refractivity contribution in [1.82, 2.24) is 14.1 Å². The summed E-state index contributed by atoms with van der Waals surface area (Å²) in [6.07, 6.45) is 0. The molecule has 0 fully saturated rings. The summed E-state index contributed by atoms with van der Waals surface area (Å²) in [5, 5.41) is 15.0. The normalized spacial score (nSPS) is 11.8. The third kappa shape index (κ3) is 2.57. The molecule has 0 saturated carbocycles. The summed E-state index contributed by atoms with van der Waals surface area (Å²) in [7, 11) is 0. The number of hydrogen-bond donors (Lipinski definition) is 1. The molecule has 4 nitrogen and oxygen atoms in total. The number of rotatable bonds is 2. The summed E-state index contributed by atoms with van der Waals surface area (Å²) in [5.41, 5.74) is 6.42. The van der Waals surface area contributed by atoms with E-state index in [1.54, 1.807) is 6.07 Å². The van der Waals surface area contributed by atoms with Gasteiger partial charge in [-0.15, -0.1) is 0 Å². The van der Waals surface area contributed by atoms with Gasteiger partial charge in [0.05, 0.1) is 22.1 Å². The zero-order valence-corrected chi connectivity index (χ0v) is 18.6. The second-order valence-electron chi connectivity index (χ2n) is 8.72. The van der Waals surface area contributed by atoms with Gasteiger partial charge in [-0.05, 0) is 55.5 Å². The van der Waals surface area contributed by atoms with Gasteiger partial charge in [0.25, 0.3) is 0 Å². The van der Waals surface area contributed by atoms with E-state index in [9.17, 15) is 5.11 Å². The summed E-state index contributed by atoms with van der Waals surface area (Å²) < 4.78 is 4.52.